The summed E-state index contributed by atoms with van der Waals surface area (Å²) >= 11 is 0. The Morgan fingerprint density at radius 2 is 2.36 bits per heavy atom. The Bertz CT molecular complexity index is 336. The summed E-state index contributed by atoms with van der Waals surface area (Å²) in [6, 6.07) is 1.83. The zero-order chi connectivity index (χ0) is 10.6. The number of anilines is 1. The minimum Gasteiger partial charge on any atom is -0.384 e. The minimum atomic E-state index is -0.448. The lowest BCUT2D eigenvalue weighted by atomic mass is 10.2. The highest BCUT2D eigenvalue weighted by atomic mass is 16.1. The van der Waals surface area contributed by atoms with E-state index < -0.39 is 5.91 Å². The lowest BCUT2D eigenvalue weighted by Gasteiger charge is -2.09. The van der Waals surface area contributed by atoms with Gasteiger partial charge in [0.05, 0.1) is 11.3 Å². The molecule has 4 heteroatoms. The molecule has 0 saturated carbocycles. The first-order valence-corrected chi connectivity index (χ1v) is 4.65. The summed E-state index contributed by atoms with van der Waals surface area (Å²) in [7, 11) is 0. The molecule has 1 rings (SSSR count). The van der Waals surface area contributed by atoms with Crippen LogP contribution in [-0.4, -0.2) is 17.4 Å². The lowest BCUT2D eigenvalue weighted by Crippen LogP contribution is -2.15. The summed E-state index contributed by atoms with van der Waals surface area (Å²) in [5, 5.41) is 3.14. The number of primary amides is 1. The van der Waals surface area contributed by atoms with E-state index in [0.717, 1.165) is 24.3 Å². The lowest BCUT2D eigenvalue weighted by molar-refractivity contribution is 0.100. The van der Waals surface area contributed by atoms with Gasteiger partial charge in [0.2, 0.25) is 0 Å². The number of pyridine rings is 1. The average Bonchev–Trinajstić information content (AvgIpc) is 2.14. The number of nitrogens with two attached hydrogens (primary N) is 1. The van der Waals surface area contributed by atoms with E-state index in [2.05, 4.69) is 17.2 Å². The maximum absolute atomic E-state index is 11.0. The van der Waals surface area contributed by atoms with Crippen LogP contribution in [0.15, 0.2) is 12.3 Å². The number of rotatable bonds is 4. The first-order valence-electron chi connectivity index (χ1n) is 4.65. The van der Waals surface area contributed by atoms with Crippen molar-refractivity contribution in [3.05, 3.63) is 23.5 Å². The number of hydrogen-bond donors (Lipinski definition) is 2. The molecule has 0 unspecified atom stereocenters. The highest BCUT2D eigenvalue weighted by Gasteiger charge is 2.07. The number of carbonyl (C=O) groups excluding carboxylic acids is 1. The summed E-state index contributed by atoms with van der Waals surface area (Å²) in [4.78, 5) is 15.1. The molecular formula is C10H15N3O. The molecule has 1 amide bonds. The smallest absolute Gasteiger partial charge is 0.252 e. The Kier molecular flexibility index (Phi) is 3.45. The van der Waals surface area contributed by atoms with E-state index in [1.807, 2.05) is 13.0 Å². The molecule has 0 atom stereocenters. The third-order valence-corrected chi connectivity index (χ3v) is 1.87. The van der Waals surface area contributed by atoms with Gasteiger partial charge in [0, 0.05) is 18.4 Å². The molecule has 3 N–H and O–H groups in total. The number of nitrogens with one attached hydrogen (secondary N) is 1. The van der Waals surface area contributed by atoms with Crippen LogP contribution in [0.3, 0.4) is 0 Å². The molecule has 4 nitrogen and oxygen atoms in total. The van der Waals surface area contributed by atoms with Gasteiger partial charge < -0.3 is 11.1 Å². The van der Waals surface area contributed by atoms with Gasteiger partial charge in [-0.15, -0.1) is 0 Å². The van der Waals surface area contributed by atoms with Crippen molar-refractivity contribution in [3.63, 3.8) is 0 Å². The predicted molar refractivity (Wildman–Crippen MR) is 56.3 cm³/mol. The number of aromatic nitrogens is 1. The van der Waals surface area contributed by atoms with Crippen LogP contribution in [-0.2, 0) is 0 Å². The molecule has 0 aliphatic rings. The van der Waals surface area contributed by atoms with Crippen molar-refractivity contribution >= 4 is 11.6 Å². The van der Waals surface area contributed by atoms with Crippen LogP contribution >= 0.6 is 0 Å². The molecule has 0 fully saturated rings. The van der Waals surface area contributed by atoms with Crippen molar-refractivity contribution in [3.8, 4) is 0 Å². The fourth-order valence-electron chi connectivity index (χ4n) is 1.16. The van der Waals surface area contributed by atoms with Crippen LogP contribution in [0, 0.1) is 6.92 Å². The number of carbonyl (C=O) groups is 1. The van der Waals surface area contributed by atoms with Crippen LogP contribution in [0.5, 0.6) is 0 Å². The summed E-state index contributed by atoms with van der Waals surface area (Å²) < 4.78 is 0. The molecule has 0 radical (unpaired) electrons. The topological polar surface area (TPSA) is 68.0 Å². The second-order valence-corrected chi connectivity index (χ2v) is 3.16. The monoisotopic (exact) mass is 193 g/mol. The predicted octanol–water partition coefficient (Wildman–Crippen LogP) is 1.31. The number of nitrogens with zero attached hydrogens (tertiary/aromatic N) is 1. The van der Waals surface area contributed by atoms with Crippen molar-refractivity contribution in [1.29, 1.82) is 0 Å². The Hall–Kier alpha value is -1.58. The first-order chi connectivity index (χ1) is 6.65. The molecule has 0 aliphatic heterocycles. The summed E-state index contributed by atoms with van der Waals surface area (Å²) in [6.07, 6.45) is 2.51. The average molecular weight is 193 g/mol. The van der Waals surface area contributed by atoms with Gasteiger partial charge in [-0.05, 0) is 19.4 Å². The molecule has 76 valence electrons. The van der Waals surface area contributed by atoms with Gasteiger partial charge in [0.15, 0.2) is 0 Å². The van der Waals surface area contributed by atoms with E-state index in [0.29, 0.717) is 5.56 Å². The van der Waals surface area contributed by atoms with Crippen molar-refractivity contribution in [2.45, 2.75) is 20.3 Å². The Morgan fingerprint density at radius 1 is 1.64 bits per heavy atom. The largest absolute Gasteiger partial charge is 0.384 e. The van der Waals surface area contributed by atoms with Crippen LogP contribution in [0.2, 0.25) is 0 Å². The third-order valence-electron chi connectivity index (χ3n) is 1.87. The van der Waals surface area contributed by atoms with Crippen LogP contribution in [0.4, 0.5) is 5.69 Å². The molecule has 0 aromatic carbocycles. The van der Waals surface area contributed by atoms with Crippen LogP contribution in [0.1, 0.15) is 29.4 Å². The highest BCUT2D eigenvalue weighted by Crippen LogP contribution is 2.14. The number of aryl methyl sites for hydroxylation is 1. The van der Waals surface area contributed by atoms with Gasteiger partial charge in [-0.1, -0.05) is 6.92 Å². The molecule has 1 aromatic heterocycles. The van der Waals surface area contributed by atoms with Crippen molar-refractivity contribution in [2.75, 3.05) is 11.9 Å². The molecule has 0 aliphatic carbocycles. The molecule has 14 heavy (non-hydrogen) atoms. The first kappa shape index (κ1) is 10.5. The minimum absolute atomic E-state index is 0.448. The van der Waals surface area contributed by atoms with Gasteiger partial charge in [-0.2, -0.15) is 0 Å². The molecule has 0 bridgehead atoms. The van der Waals surface area contributed by atoms with Gasteiger partial charge >= 0.3 is 0 Å². The fraction of sp³-hybridized carbons (Fsp3) is 0.400. The second-order valence-electron chi connectivity index (χ2n) is 3.16. The Labute approximate surface area is 83.5 Å². The Morgan fingerprint density at radius 3 is 2.93 bits per heavy atom. The van der Waals surface area contributed by atoms with E-state index in [9.17, 15) is 4.79 Å². The van der Waals surface area contributed by atoms with E-state index in [1.165, 1.54) is 6.20 Å². The normalized spacial score (nSPS) is 9.86. The van der Waals surface area contributed by atoms with Crippen molar-refractivity contribution < 1.29 is 4.79 Å². The zero-order valence-electron chi connectivity index (χ0n) is 8.50. The standard InChI is InChI=1S/C10H15N3O/c1-3-4-12-9-5-7(2)13-6-8(9)10(11)14/h5-6H,3-4H2,1-2H3,(H2,11,14)(H,12,13). The number of hydrogen-bond acceptors (Lipinski definition) is 3. The van der Waals surface area contributed by atoms with E-state index in [-0.39, 0.29) is 0 Å². The van der Waals surface area contributed by atoms with E-state index in [4.69, 9.17) is 5.73 Å². The van der Waals surface area contributed by atoms with Crippen LogP contribution in [0.25, 0.3) is 0 Å². The maximum Gasteiger partial charge on any atom is 0.252 e. The van der Waals surface area contributed by atoms with Crippen LogP contribution < -0.4 is 11.1 Å². The Balaban J connectivity index is 2.97. The quantitative estimate of drug-likeness (QED) is 0.757. The maximum atomic E-state index is 11.0. The third kappa shape index (κ3) is 2.45. The van der Waals surface area contributed by atoms with E-state index >= 15 is 0 Å². The zero-order valence-corrected chi connectivity index (χ0v) is 8.50. The number of amides is 1. The summed E-state index contributed by atoms with van der Waals surface area (Å²) in [6.45, 7) is 4.76. The van der Waals surface area contributed by atoms with Gasteiger partial charge in [0.25, 0.3) is 5.91 Å². The van der Waals surface area contributed by atoms with Crippen molar-refractivity contribution in [1.82, 2.24) is 4.98 Å². The molecule has 1 heterocycles. The molecule has 0 spiro atoms. The summed E-state index contributed by atoms with van der Waals surface area (Å²) in [5.74, 6) is -0.448. The second kappa shape index (κ2) is 4.60. The molecule has 0 saturated heterocycles. The van der Waals surface area contributed by atoms with E-state index in [1.54, 1.807) is 0 Å². The summed E-state index contributed by atoms with van der Waals surface area (Å²) in [5.41, 5.74) is 7.30. The SMILES string of the molecule is CCCNc1cc(C)ncc1C(N)=O. The highest BCUT2D eigenvalue weighted by molar-refractivity contribution is 5.98. The molecule has 1 aromatic rings. The fourth-order valence-corrected chi connectivity index (χ4v) is 1.16. The van der Waals surface area contributed by atoms with Gasteiger partial charge in [-0.25, -0.2) is 0 Å². The van der Waals surface area contributed by atoms with Crippen molar-refractivity contribution in [2.24, 2.45) is 5.73 Å². The van der Waals surface area contributed by atoms with Gasteiger partial charge in [-0.3, -0.25) is 9.78 Å². The van der Waals surface area contributed by atoms with Gasteiger partial charge in [0.1, 0.15) is 0 Å². The molecular weight excluding hydrogens is 178 g/mol.